The molecular weight excluding hydrogens is 322 g/mol. The third-order valence-electron chi connectivity index (χ3n) is 4.40. The van der Waals surface area contributed by atoms with Crippen molar-refractivity contribution in [3.05, 3.63) is 44.6 Å². The Hall–Kier alpha value is -2.41. The van der Waals surface area contributed by atoms with E-state index in [1.54, 1.807) is 36.9 Å². The van der Waals surface area contributed by atoms with E-state index in [0.29, 0.717) is 29.6 Å². The number of fused-ring (bicyclic) bond motifs is 1. The molecule has 0 aliphatic carbocycles. The summed E-state index contributed by atoms with van der Waals surface area (Å²) in [6.07, 6.45) is -0.0441. The van der Waals surface area contributed by atoms with Gasteiger partial charge < -0.3 is 14.6 Å². The SMILES string of the molecule is CC(C)n1c(=O)[nH]c2cc(C(=O)N3C[C@@H](C)O[C@@H](C)C3)ccc2c1=O. The van der Waals surface area contributed by atoms with Crippen LogP contribution in [-0.2, 0) is 4.74 Å². The highest BCUT2D eigenvalue weighted by molar-refractivity contribution is 5.97. The van der Waals surface area contributed by atoms with Crippen molar-refractivity contribution in [3.63, 3.8) is 0 Å². The molecule has 1 fully saturated rings. The van der Waals surface area contributed by atoms with Crippen molar-refractivity contribution in [2.75, 3.05) is 13.1 Å². The third kappa shape index (κ3) is 3.24. The molecule has 2 aromatic rings. The molecule has 1 aromatic carbocycles. The lowest BCUT2D eigenvalue weighted by molar-refractivity contribution is -0.0586. The minimum atomic E-state index is -0.467. The first-order chi connectivity index (χ1) is 11.8. The van der Waals surface area contributed by atoms with Gasteiger partial charge in [0.05, 0.1) is 23.1 Å². The highest BCUT2D eigenvalue weighted by atomic mass is 16.5. The van der Waals surface area contributed by atoms with Gasteiger partial charge in [0.2, 0.25) is 0 Å². The summed E-state index contributed by atoms with van der Waals surface area (Å²) in [5.41, 5.74) is 0.0188. The van der Waals surface area contributed by atoms with Gasteiger partial charge in [-0.25, -0.2) is 4.79 Å². The van der Waals surface area contributed by atoms with Crippen LogP contribution in [0, 0.1) is 0 Å². The maximum absolute atomic E-state index is 12.8. The van der Waals surface area contributed by atoms with Gasteiger partial charge >= 0.3 is 5.69 Å². The van der Waals surface area contributed by atoms with Crippen molar-refractivity contribution in [1.29, 1.82) is 0 Å². The lowest BCUT2D eigenvalue weighted by Gasteiger charge is -2.35. The average Bonchev–Trinajstić information content (AvgIpc) is 2.52. The van der Waals surface area contributed by atoms with E-state index in [2.05, 4.69) is 4.98 Å². The Kier molecular flexibility index (Phi) is 4.51. The summed E-state index contributed by atoms with van der Waals surface area (Å²) in [6, 6.07) is 4.58. The van der Waals surface area contributed by atoms with Crippen molar-refractivity contribution in [3.8, 4) is 0 Å². The zero-order chi connectivity index (χ0) is 18.3. The molecule has 2 atom stereocenters. The fourth-order valence-electron chi connectivity index (χ4n) is 3.36. The molecule has 0 radical (unpaired) electrons. The number of aromatic amines is 1. The van der Waals surface area contributed by atoms with Crippen LogP contribution in [0.5, 0.6) is 0 Å². The van der Waals surface area contributed by atoms with E-state index in [4.69, 9.17) is 4.74 Å². The van der Waals surface area contributed by atoms with Gasteiger partial charge in [-0.1, -0.05) is 0 Å². The third-order valence-corrected chi connectivity index (χ3v) is 4.40. The number of rotatable bonds is 2. The maximum Gasteiger partial charge on any atom is 0.329 e. The van der Waals surface area contributed by atoms with Crippen LogP contribution in [0.15, 0.2) is 27.8 Å². The fraction of sp³-hybridized carbons (Fsp3) is 0.500. The first-order valence-corrected chi connectivity index (χ1v) is 8.51. The Morgan fingerprint density at radius 2 is 1.84 bits per heavy atom. The van der Waals surface area contributed by atoms with Crippen LogP contribution < -0.4 is 11.2 Å². The highest BCUT2D eigenvalue weighted by Crippen LogP contribution is 2.16. The van der Waals surface area contributed by atoms with Crippen LogP contribution in [0.25, 0.3) is 10.9 Å². The standard InChI is InChI=1S/C18H23N3O4/c1-10(2)21-17(23)14-6-5-13(7-15(14)19-18(21)24)16(22)20-8-11(3)25-12(4)9-20/h5-7,10-12H,8-9H2,1-4H3,(H,19,24)/t11-,12+. The molecule has 1 N–H and O–H groups in total. The maximum atomic E-state index is 12.8. The first kappa shape index (κ1) is 17.4. The van der Waals surface area contributed by atoms with Crippen LogP contribution in [0.4, 0.5) is 0 Å². The lowest BCUT2D eigenvalue weighted by atomic mass is 10.1. The summed E-state index contributed by atoms with van der Waals surface area (Å²) in [7, 11) is 0. The van der Waals surface area contributed by atoms with Crippen LogP contribution in [0.3, 0.4) is 0 Å². The Labute approximate surface area is 145 Å². The Morgan fingerprint density at radius 3 is 2.44 bits per heavy atom. The minimum absolute atomic E-state index is 0.0220. The normalized spacial score (nSPS) is 21.1. The summed E-state index contributed by atoms with van der Waals surface area (Å²) in [4.78, 5) is 41.9. The largest absolute Gasteiger partial charge is 0.372 e. The van der Waals surface area contributed by atoms with Gasteiger partial charge in [0.1, 0.15) is 0 Å². The minimum Gasteiger partial charge on any atom is -0.372 e. The molecule has 7 heteroatoms. The van der Waals surface area contributed by atoms with Crippen LogP contribution >= 0.6 is 0 Å². The van der Waals surface area contributed by atoms with Gasteiger partial charge in [-0.05, 0) is 45.9 Å². The van der Waals surface area contributed by atoms with Gasteiger partial charge in [-0.3, -0.25) is 14.2 Å². The molecule has 0 saturated carbocycles. The topological polar surface area (TPSA) is 84.4 Å². The molecule has 7 nitrogen and oxygen atoms in total. The van der Waals surface area contributed by atoms with E-state index in [0.717, 1.165) is 0 Å². The van der Waals surface area contributed by atoms with E-state index in [1.807, 2.05) is 13.8 Å². The van der Waals surface area contributed by atoms with Crippen LogP contribution in [0.2, 0.25) is 0 Å². The highest BCUT2D eigenvalue weighted by Gasteiger charge is 2.26. The molecule has 1 aromatic heterocycles. The monoisotopic (exact) mass is 345 g/mol. The van der Waals surface area contributed by atoms with Gasteiger partial charge in [0, 0.05) is 24.7 Å². The van der Waals surface area contributed by atoms with Gasteiger partial charge in [-0.15, -0.1) is 0 Å². The summed E-state index contributed by atoms with van der Waals surface area (Å²) in [5, 5.41) is 0.397. The smallest absolute Gasteiger partial charge is 0.329 e. The number of nitrogens with one attached hydrogen (secondary N) is 1. The van der Waals surface area contributed by atoms with E-state index in [-0.39, 0.29) is 29.7 Å². The zero-order valence-electron chi connectivity index (χ0n) is 14.9. The zero-order valence-corrected chi connectivity index (χ0v) is 14.9. The molecule has 1 amide bonds. The van der Waals surface area contributed by atoms with Crippen LogP contribution in [0.1, 0.15) is 44.1 Å². The molecule has 2 heterocycles. The molecule has 0 bridgehead atoms. The van der Waals surface area contributed by atoms with Gasteiger partial charge in [0.25, 0.3) is 11.5 Å². The molecule has 0 spiro atoms. The fourth-order valence-corrected chi connectivity index (χ4v) is 3.36. The number of nitrogens with zero attached hydrogens (tertiary/aromatic N) is 2. The van der Waals surface area contributed by atoms with Crippen molar-refractivity contribution >= 4 is 16.8 Å². The molecule has 1 saturated heterocycles. The second-order valence-electron chi connectivity index (χ2n) is 6.93. The molecule has 134 valence electrons. The van der Waals surface area contributed by atoms with Gasteiger partial charge in [0.15, 0.2) is 0 Å². The van der Waals surface area contributed by atoms with Crippen molar-refractivity contribution in [1.82, 2.24) is 14.5 Å². The number of hydrogen-bond acceptors (Lipinski definition) is 4. The van der Waals surface area contributed by atoms with Crippen molar-refractivity contribution in [2.24, 2.45) is 0 Å². The first-order valence-electron chi connectivity index (χ1n) is 8.51. The summed E-state index contributed by atoms with van der Waals surface area (Å²) in [5.74, 6) is -0.127. The van der Waals surface area contributed by atoms with E-state index in [1.165, 1.54) is 4.57 Å². The van der Waals surface area contributed by atoms with Crippen LogP contribution in [-0.4, -0.2) is 45.7 Å². The molecule has 0 unspecified atom stereocenters. The quantitative estimate of drug-likeness (QED) is 0.894. The van der Waals surface area contributed by atoms with E-state index < -0.39 is 5.69 Å². The number of carbonyl (C=O) groups excluding carboxylic acids is 1. The van der Waals surface area contributed by atoms with E-state index in [9.17, 15) is 14.4 Å². The predicted octanol–water partition coefficient (Wildman–Crippen LogP) is 1.52. The summed E-state index contributed by atoms with van der Waals surface area (Å²) in [6.45, 7) is 8.46. The second-order valence-corrected chi connectivity index (χ2v) is 6.93. The molecule has 1 aliphatic heterocycles. The lowest BCUT2D eigenvalue weighted by Crippen LogP contribution is -2.48. The predicted molar refractivity (Wildman–Crippen MR) is 95.1 cm³/mol. The Bertz CT molecular complexity index is 918. The number of ether oxygens (including phenoxy) is 1. The number of aromatic nitrogens is 2. The Morgan fingerprint density at radius 1 is 1.20 bits per heavy atom. The Balaban J connectivity index is 2.02. The summed E-state index contributed by atoms with van der Waals surface area (Å²) < 4.78 is 6.83. The molecule has 25 heavy (non-hydrogen) atoms. The number of H-pyrrole nitrogens is 1. The number of morpholine rings is 1. The molecular formula is C18H23N3O4. The van der Waals surface area contributed by atoms with Crippen molar-refractivity contribution in [2.45, 2.75) is 45.9 Å². The number of benzene rings is 1. The summed E-state index contributed by atoms with van der Waals surface area (Å²) >= 11 is 0. The molecule has 1 aliphatic rings. The van der Waals surface area contributed by atoms with Gasteiger partial charge in [-0.2, -0.15) is 0 Å². The average molecular weight is 345 g/mol. The molecule has 3 rings (SSSR count). The van der Waals surface area contributed by atoms with Crippen molar-refractivity contribution < 1.29 is 9.53 Å². The van der Waals surface area contributed by atoms with E-state index >= 15 is 0 Å². The number of carbonyl (C=O) groups is 1. The second kappa shape index (κ2) is 6.48. The number of hydrogen-bond donors (Lipinski definition) is 1. The number of amides is 1.